The Kier molecular flexibility index (Phi) is 6.01. The number of hydrogen-bond donors (Lipinski definition) is 2. The maximum absolute atomic E-state index is 13.4. The number of carboxylic acids is 1. The van der Waals surface area contributed by atoms with Gasteiger partial charge in [0, 0.05) is 6.04 Å². The number of nitrogens with one attached hydrogen (secondary N) is 1. The molecule has 4 bridgehead atoms. The van der Waals surface area contributed by atoms with Gasteiger partial charge in [-0.3, -0.25) is 9.48 Å². The van der Waals surface area contributed by atoms with E-state index >= 15 is 0 Å². The van der Waals surface area contributed by atoms with Crippen LogP contribution in [0.25, 0.3) is 0 Å². The standard InChI is InChI=1S/C25H31N3O3S/c1-2-7-32-24-21(13-26-28(24)14-15-3-5-18(6-4-15)25(30)31)23(29)27-22-19-9-16-8-17(11-19)12-20(22)10-16/h3-6,13,16-17,19-20,22H,2,7-12,14H2,1H3,(H,27,29)(H,30,31). The van der Waals surface area contributed by atoms with E-state index in [0.717, 1.165) is 34.6 Å². The van der Waals surface area contributed by atoms with Crippen molar-refractivity contribution in [3.63, 3.8) is 0 Å². The van der Waals surface area contributed by atoms with Crippen LogP contribution in [0, 0.1) is 23.7 Å². The molecule has 0 saturated heterocycles. The van der Waals surface area contributed by atoms with E-state index < -0.39 is 5.97 Å². The Balaban J connectivity index is 1.33. The van der Waals surface area contributed by atoms with Gasteiger partial charge < -0.3 is 10.4 Å². The quantitative estimate of drug-likeness (QED) is 0.567. The number of aromatic carboxylic acids is 1. The number of amides is 1. The Morgan fingerprint density at radius 3 is 2.34 bits per heavy atom. The fraction of sp³-hybridized carbons (Fsp3) is 0.560. The third kappa shape index (κ3) is 4.19. The topological polar surface area (TPSA) is 84.2 Å². The molecule has 2 N–H and O–H groups in total. The molecule has 6 nitrogen and oxygen atoms in total. The summed E-state index contributed by atoms with van der Waals surface area (Å²) in [6.45, 7) is 2.64. The van der Waals surface area contributed by atoms with Crippen molar-refractivity contribution in [1.29, 1.82) is 0 Å². The molecule has 0 aliphatic heterocycles. The summed E-state index contributed by atoms with van der Waals surface area (Å²) in [6.07, 6.45) is 9.24. The molecule has 0 atom stereocenters. The maximum Gasteiger partial charge on any atom is 0.335 e. The van der Waals surface area contributed by atoms with Crippen LogP contribution in [0.1, 0.15) is 71.7 Å². The van der Waals surface area contributed by atoms with Gasteiger partial charge in [-0.15, -0.1) is 11.8 Å². The minimum absolute atomic E-state index is 0.00792. The number of hydrogen-bond acceptors (Lipinski definition) is 4. The highest BCUT2D eigenvalue weighted by Gasteiger charge is 2.48. The largest absolute Gasteiger partial charge is 0.478 e. The van der Waals surface area contributed by atoms with Gasteiger partial charge in [-0.2, -0.15) is 5.10 Å². The first-order valence-corrected chi connectivity index (χ1v) is 12.8. The highest BCUT2D eigenvalue weighted by Crippen LogP contribution is 2.53. The van der Waals surface area contributed by atoms with Gasteiger partial charge in [-0.05, 0) is 85.6 Å². The molecule has 0 unspecified atom stereocenters. The molecule has 6 rings (SSSR count). The highest BCUT2D eigenvalue weighted by molar-refractivity contribution is 7.99. The number of benzene rings is 1. The van der Waals surface area contributed by atoms with Gasteiger partial charge in [-0.1, -0.05) is 19.1 Å². The highest BCUT2D eigenvalue weighted by atomic mass is 32.2. The van der Waals surface area contributed by atoms with E-state index in [1.54, 1.807) is 30.1 Å². The zero-order valence-electron chi connectivity index (χ0n) is 18.5. The van der Waals surface area contributed by atoms with E-state index in [1.165, 1.54) is 32.1 Å². The summed E-state index contributed by atoms with van der Waals surface area (Å²) in [5.74, 6) is 3.05. The van der Waals surface area contributed by atoms with Gasteiger partial charge in [0.25, 0.3) is 5.91 Å². The first-order chi connectivity index (χ1) is 15.5. The van der Waals surface area contributed by atoms with Crippen molar-refractivity contribution in [3.05, 3.63) is 47.2 Å². The Morgan fingerprint density at radius 1 is 1.09 bits per heavy atom. The molecular formula is C25H31N3O3S. The van der Waals surface area contributed by atoms with E-state index in [1.807, 2.05) is 16.8 Å². The summed E-state index contributed by atoms with van der Waals surface area (Å²) in [5, 5.41) is 18.0. The van der Waals surface area contributed by atoms with Crippen molar-refractivity contribution in [1.82, 2.24) is 15.1 Å². The molecule has 32 heavy (non-hydrogen) atoms. The van der Waals surface area contributed by atoms with Gasteiger partial charge in [0.15, 0.2) is 0 Å². The van der Waals surface area contributed by atoms with Gasteiger partial charge in [0.1, 0.15) is 5.03 Å². The molecule has 0 spiro atoms. The summed E-state index contributed by atoms with van der Waals surface area (Å²) in [6, 6.07) is 7.16. The van der Waals surface area contributed by atoms with Gasteiger partial charge in [-0.25, -0.2) is 4.79 Å². The van der Waals surface area contributed by atoms with Crippen LogP contribution >= 0.6 is 11.8 Å². The van der Waals surface area contributed by atoms with Gasteiger partial charge in [0.2, 0.25) is 0 Å². The lowest BCUT2D eigenvalue weighted by Gasteiger charge is -2.54. The lowest BCUT2D eigenvalue weighted by Crippen LogP contribution is -2.55. The van der Waals surface area contributed by atoms with E-state index in [9.17, 15) is 9.59 Å². The first-order valence-electron chi connectivity index (χ1n) is 11.8. The average Bonchev–Trinajstić information content (AvgIpc) is 3.17. The summed E-state index contributed by atoms with van der Waals surface area (Å²) >= 11 is 1.67. The van der Waals surface area contributed by atoms with Crippen LogP contribution in [0.15, 0.2) is 35.5 Å². The average molecular weight is 454 g/mol. The number of aromatic nitrogens is 2. The molecule has 1 aromatic heterocycles. The number of thioether (sulfide) groups is 1. The third-order valence-electron chi connectivity index (χ3n) is 7.54. The van der Waals surface area contributed by atoms with Crippen LogP contribution in [0.5, 0.6) is 0 Å². The molecule has 4 aliphatic rings. The summed E-state index contributed by atoms with van der Waals surface area (Å²) in [7, 11) is 0. The second-order valence-corrected chi connectivity index (χ2v) is 10.9. The SMILES string of the molecule is CCCSc1c(C(=O)NC2C3CC4CC(C3)CC2C4)cnn1Cc1ccc(C(=O)O)cc1. The van der Waals surface area contributed by atoms with Gasteiger partial charge >= 0.3 is 5.97 Å². The minimum atomic E-state index is -0.932. The molecule has 170 valence electrons. The minimum Gasteiger partial charge on any atom is -0.478 e. The summed E-state index contributed by atoms with van der Waals surface area (Å²) in [4.78, 5) is 24.5. The molecule has 2 aromatic rings. The van der Waals surface area contributed by atoms with Crippen molar-refractivity contribution in [2.75, 3.05) is 5.75 Å². The normalized spacial score (nSPS) is 28.1. The Hall–Kier alpha value is -2.28. The Labute approximate surface area is 193 Å². The van der Waals surface area contributed by atoms with Crippen molar-refractivity contribution in [2.45, 2.75) is 63.1 Å². The van der Waals surface area contributed by atoms with E-state index in [4.69, 9.17) is 5.11 Å². The first kappa shape index (κ1) is 21.6. The summed E-state index contributed by atoms with van der Waals surface area (Å²) < 4.78 is 1.88. The van der Waals surface area contributed by atoms with Crippen molar-refractivity contribution in [3.8, 4) is 0 Å². The summed E-state index contributed by atoms with van der Waals surface area (Å²) in [5.41, 5.74) is 1.90. The molecule has 4 saturated carbocycles. The molecular weight excluding hydrogens is 422 g/mol. The molecule has 7 heteroatoms. The smallest absolute Gasteiger partial charge is 0.335 e. The van der Waals surface area contributed by atoms with Crippen molar-refractivity contribution in [2.24, 2.45) is 23.7 Å². The van der Waals surface area contributed by atoms with E-state index in [-0.39, 0.29) is 11.5 Å². The number of carbonyl (C=O) groups excluding carboxylic acids is 1. The van der Waals surface area contributed by atoms with E-state index in [0.29, 0.717) is 30.0 Å². The fourth-order valence-electron chi connectivity index (χ4n) is 6.31. The van der Waals surface area contributed by atoms with Crippen LogP contribution in [0.2, 0.25) is 0 Å². The predicted octanol–water partition coefficient (Wildman–Crippen LogP) is 4.69. The molecule has 1 amide bonds. The van der Waals surface area contributed by atoms with Crippen LogP contribution in [-0.4, -0.2) is 38.6 Å². The molecule has 0 radical (unpaired) electrons. The number of carboxylic acid groups (broad SMARTS) is 1. The fourth-order valence-corrected chi connectivity index (χ4v) is 7.27. The number of rotatable bonds is 8. The number of nitrogens with zero attached hydrogens (tertiary/aromatic N) is 2. The zero-order valence-corrected chi connectivity index (χ0v) is 19.3. The van der Waals surface area contributed by atoms with Gasteiger partial charge in [0.05, 0.1) is 23.9 Å². The third-order valence-corrected chi connectivity index (χ3v) is 8.85. The Morgan fingerprint density at radius 2 is 1.75 bits per heavy atom. The predicted molar refractivity (Wildman–Crippen MR) is 124 cm³/mol. The second kappa shape index (κ2) is 8.93. The number of carbonyl (C=O) groups is 2. The van der Waals surface area contributed by atoms with Crippen LogP contribution in [0.3, 0.4) is 0 Å². The zero-order chi connectivity index (χ0) is 22.2. The molecule has 4 aliphatic carbocycles. The molecule has 4 fully saturated rings. The van der Waals surface area contributed by atoms with Crippen molar-refractivity contribution < 1.29 is 14.7 Å². The van der Waals surface area contributed by atoms with Crippen molar-refractivity contribution >= 4 is 23.6 Å². The monoisotopic (exact) mass is 453 g/mol. The lowest BCUT2D eigenvalue weighted by molar-refractivity contribution is -0.0120. The lowest BCUT2D eigenvalue weighted by atomic mass is 9.54. The molecule has 1 heterocycles. The van der Waals surface area contributed by atoms with E-state index in [2.05, 4.69) is 17.3 Å². The van der Waals surface area contributed by atoms with Crippen LogP contribution < -0.4 is 5.32 Å². The Bertz CT molecular complexity index is 972. The van der Waals surface area contributed by atoms with Crippen LogP contribution in [0.4, 0.5) is 0 Å². The second-order valence-electron chi connectivity index (χ2n) is 9.80. The van der Waals surface area contributed by atoms with Crippen LogP contribution in [-0.2, 0) is 6.54 Å². The molecule has 1 aromatic carbocycles. The maximum atomic E-state index is 13.4.